The number of amides is 1. The third-order valence-corrected chi connectivity index (χ3v) is 8.91. The number of hydrogen-bond acceptors (Lipinski definition) is 3. The molecule has 2 N–H and O–H groups in total. The summed E-state index contributed by atoms with van der Waals surface area (Å²) in [5.74, 6) is 0.809. The van der Waals surface area contributed by atoms with E-state index in [0.29, 0.717) is 13.1 Å². The van der Waals surface area contributed by atoms with Crippen LogP contribution in [0.3, 0.4) is 0 Å². The number of nitrogens with zero attached hydrogens (tertiary/aromatic N) is 1. The summed E-state index contributed by atoms with van der Waals surface area (Å²) in [7, 11) is 1.68. The number of para-hydroxylation sites is 2. The molecule has 0 radical (unpaired) electrons. The quantitative estimate of drug-likeness (QED) is 0.154. The van der Waals surface area contributed by atoms with Gasteiger partial charge in [0.2, 0.25) is 5.91 Å². The van der Waals surface area contributed by atoms with Gasteiger partial charge in [-0.25, -0.2) is 0 Å². The van der Waals surface area contributed by atoms with Crippen LogP contribution in [0.15, 0.2) is 139 Å². The van der Waals surface area contributed by atoms with Crippen LogP contribution in [0.4, 0.5) is 0 Å². The molecule has 0 spiro atoms. The minimum absolute atomic E-state index is 0.0245. The number of fused-ring (bicyclic) bond motifs is 1. The van der Waals surface area contributed by atoms with Gasteiger partial charge in [0.1, 0.15) is 5.75 Å². The number of aromatic amines is 1. The van der Waals surface area contributed by atoms with Crippen molar-refractivity contribution in [3.63, 3.8) is 0 Å². The van der Waals surface area contributed by atoms with Gasteiger partial charge in [-0.3, -0.25) is 10.1 Å². The van der Waals surface area contributed by atoms with Gasteiger partial charge in [0, 0.05) is 48.7 Å². The Hall–Kier alpha value is -4.87. The van der Waals surface area contributed by atoms with Gasteiger partial charge in [0.25, 0.3) is 0 Å². The number of rotatable bonds is 12. The van der Waals surface area contributed by atoms with Crippen LogP contribution in [-0.4, -0.2) is 35.5 Å². The Labute approximate surface area is 266 Å². The molecule has 0 unspecified atom stereocenters. The molecule has 1 amide bonds. The second-order valence-corrected chi connectivity index (χ2v) is 11.8. The predicted molar refractivity (Wildman–Crippen MR) is 183 cm³/mol. The van der Waals surface area contributed by atoms with E-state index in [4.69, 9.17) is 4.74 Å². The molecule has 0 saturated carbocycles. The minimum atomic E-state index is -0.600. The van der Waals surface area contributed by atoms with Gasteiger partial charge < -0.3 is 14.6 Å². The molecular weight excluding hydrogens is 554 g/mol. The number of H-pyrrole nitrogens is 1. The Morgan fingerprint density at radius 3 is 2.22 bits per heavy atom. The van der Waals surface area contributed by atoms with E-state index in [1.54, 1.807) is 14.0 Å². The maximum Gasteiger partial charge on any atom is 0.219 e. The molecule has 1 aliphatic rings. The van der Waals surface area contributed by atoms with E-state index in [1.165, 1.54) is 27.6 Å². The van der Waals surface area contributed by atoms with E-state index in [-0.39, 0.29) is 11.9 Å². The molecule has 5 heteroatoms. The van der Waals surface area contributed by atoms with E-state index < -0.39 is 5.54 Å². The summed E-state index contributed by atoms with van der Waals surface area (Å²) in [6, 6.07) is 37.8. The lowest BCUT2D eigenvalue weighted by Gasteiger charge is -2.43. The van der Waals surface area contributed by atoms with E-state index in [9.17, 15) is 4.79 Å². The van der Waals surface area contributed by atoms with Crippen molar-refractivity contribution in [1.29, 1.82) is 0 Å². The molecule has 1 aromatic heterocycles. The molecule has 5 aromatic rings. The fraction of sp³-hybridized carbons (Fsp3) is 0.225. The van der Waals surface area contributed by atoms with E-state index in [2.05, 4.69) is 120 Å². The Morgan fingerprint density at radius 1 is 0.889 bits per heavy atom. The van der Waals surface area contributed by atoms with Crippen LogP contribution in [0.1, 0.15) is 42.0 Å². The number of hydrogen-bond donors (Lipinski definition) is 2. The first-order valence-corrected chi connectivity index (χ1v) is 15.8. The molecule has 1 atom stereocenters. The molecule has 228 valence electrons. The van der Waals surface area contributed by atoms with Crippen LogP contribution >= 0.6 is 0 Å². The highest BCUT2D eigenvalue weighted by Crippen LogP contribution is 2.41. The molecule has 1 aliphatic carbocycles. The van der Waals surface area contributed by atoms with Crippen LogP contribution in [0.5, 0.6) is 5.75 Å². The molecule has 4 aromatic carbocycles. The van der Waals surface area contributed by atoms with Crippen molar-refractivity contribution in [3.8, 4) is 5.75 Å². The summed E-state index contributed by atoms with van der Waals surface area (Å²) < 4.78 is 5.67. The highest BCUT2D eigenvalue weighted by Gasteiger charge is 2.40. The van der Waals surface area contributed by atoms with Crippen molar-refractivity contribution in [2.75, 3.05) is 13.7 Å². The molecule has 5 nitrogen and oxygen atoms in total. The first-order chi connectivity index (χ1) is 22.1. The van der Waals surface area contributed by atoms with Crippen molar-refractivity contribution in [2.45, 2.75) is 44.3 Å². The molecule has 1 heterocycles. The van der Waals surface area contributed by atoms with Crippen LogP contribution in [0.25, 0.3) is 10.9 Å². The Morgan fingerprint density at radius 2 is 1.56 bits per heavy atom. The van der Waals surface area contributed by atoms with Crippen molar-refractivity contribution in [3.05, 3.63) is 161 Å². The van der Waals surface area contributed by atoms with E-state index in [1.807, 2.05) is 29.2 Å². The van der Waals surface area contributed by atoms with Gasteiger partial charge in [0.05, 0.1) is 12.6 Å². The molecule has 45 heavy (non-hydrogen) atoms. The van der Waals surface area contributed by atoms with Gasteiger partial charge in [-0.05, 0) is 53.7 Å². The number of carbonyl (C=O) groups is 1. The van der Waals surface area contributed by atoms with Crippen LogP contribution in [0.2, 0.25) is 0 Å². The number of benzene rings is 4. The second-order valence-electron chi connectivity index (χ2n) is 11.8. The number of allylic oxidation sites excluding steroid dienone is 3. The molecule has 0 aliphatic heterocycles. The normalized spacial score (nSPS) is 13.8. The highest BCUT2D eigenvalue weighted by molar-refractivity contribution is 5.83. The molecule has 0 fully saturated rings. The molecule has 6 rings (SSSR count). The summed E-state index contributed by atoms with van der Waals surface area (Å²) in [6.45, 7) is 2.63. The Balaban J connectivity index is 1.48. The largest absolute Gasteiger partial charge is 0.496 e. The van der Waals surface area contributed by atoms with Crippen LogP contribution in [-0.2, 0) is 23.3 Å². The summed E-state index contributed by atoms with van der Waals surface area (Å²) >= 11 is 0. The summed E-state index contributed by atoms with van der Waals surface area (Å²) in [6.07, 6.45) is 11.5. The molecule has 0 bridgehead atoms. The van der Waals surface area contributed by atoms with Crippen molar-refractivity contribution in [1.82, 2.24) is 15.2 Å². The third-order valence-electron chi connectivity index (χ3n) is 8.91. The van der Waals surface area contributed by atoms with Crippen molar-refractivity contribution < 1.29 is 9.53 Å². The zero-order chi connectivity index (χ0) is 31.1. The first-order valence-electron chi connectivity index (χ1n) is 15.8. The molecule has 0 saturated heterocycles. The van der Waals surface area contributed by atoms with Gasteiger partial charge in [-0.2, -0.15) is 0 Å². The SMILES string of the molecule is COc1ccccc1CN(C[C@@H](Cc1c[nH]c2ccccc12)NC(C1=CC=CCC1)(c1ccccc1)c1ccccc1)C(C)=O. The lowest BCUT2D eigenvalue weighted by molar-refractivity contribution is -0.129. The summed E-state index contributed by atoms with van der Waals surface area (Å²) in [5.41, 5.74) is 6.39. The number of ether oxygens (including phenoxy) is 1. The number of nitrogens with one attached hydrogen (secondary N) is 2. The Kier molecular flexibility index (Phi) is 9.27. The third kappa shape index (κ3) is 6.50. The van der Waals surface area contributed by atoms with E-state index in [0.717, 1.165) is 36.1 Å². The zero-order valence-corrected chi connectivity index (χ0v) is 26.1. The Bertz CT molecular complexity index is 1750. The average molecular weight is 596 g/mol. The summed E-state index contributed by atoms with van der Waals surface area (Å²) in [4.78, 5) is 18.7. The van der Waals surface area contributed by atoms with E-state index >= 15 is 0 Å². The van der Waals surface area contributed by atoms with Gasteiger partial charge >= 0.3 is 0 Å². The number of aromatic nitrogens is 1. The predicted octanol–water partition coefficient (Wildman–Crippen LogP) is 7.95. The lowest BCUT2D eigenvalue weighted by atomic mass is 9.73. The topological polar surface area (TPSA) is 57.4 Å². The smallest absolute Gasteiger partial charge is 0.219 e. The zero-order valence-electron chi connectivity index (χ0n) is 26.1. The lowest BCUT2D eigenvalue weighted by Crippen LogP contribution is -2.55. The average Bonchev–Trinajstić information content (AvgIpc) is 3.50. The van der Waals surface area contributed by atoms with Gasteiger partial charge in [-0.1, -0.05) is 115 Å². The minimum Gasteiger partial charge on any atom is -0.496 e. The van der Waals surface area contributed by atoms with Crippen molar-refractivity contribution in [2.24, 2.45) is 0 Å². The summed E-state index contributed by atoms with van der Waals surface area (Å²) in [5, 5.41) is 5.43. The van der Waals surface area contributed by atoms with Crippen LogP contribution < -0.4 is 10.1 Å². The van der Waals surface area contributed by atoms with Crippen LogP contribution in [0, 0.1) is 0 Å². The molecular formula is C40H41N3O2. The fourth-order valence-corrected chi connectivity index (χ4v) is 6.73. The monoisotopic (exact) mass is 595 g/mol. The van der Waals surface area contributed by atoms with Gasteiger partial charge in [-0.15, -0.1) is 0 Å². The fourth-order valence-electron chi connectivity index (χ4n) is 6.73. The maximum absolute atomic E-state index is 13.3. The maximum atomic E-state index is 13.3. The first kappa shape index (κ1) is 30.2. The highest BCUT2D eigenvalue weighted by atomic mass is 16.5. The standard InChI is InChI=1S/C40H41N3O2/c1-30(44)43(28-31-16-12-15-25-39(31)45-2)29-36(26-32-27-41-38-24-14-13-23-37(32)38)42-40(33-17-6-3-7-18-33,34-19-8-4-9-20-34)35-21-10-5-11-22-35/h3-10,12-21,23-25,27,36,41-42H,11,22,26,28-29H2,1-2H3/t36-/m1/s1. The second kappa shape index (κ2) is 13.8. The number of carbonyl (C=O) groups excluding carboxylic acids is 1. The number of methoxy groups -OCH3 is 1. The van der Waals surface area contributed by atoms with Crippen molar-refractivity contribution >= 4 is 16.8 Å². The van der Waals surface area contributed by atoms with Gasteiger partial charge in [0.15, 0.2) is 0 Å².